The van der Waals surface area contributed by atoms with Gasteiger partial charge in [0.2, 0.25) is 10.0 Å². The van der Waals surface area contributed by atoms with Crippen molar-refractivity contribution < 1.29 is 8.42 Å². The van der Waals surface area contributed by atoms with Gasteiger partial charge in [0.05, 0.1) is 12.8 Å². The van der Waals surface area contributed by atoms with Gasteiger partial charge in [0.15, 0.2) is 5.96 Å². The molecule has 3 rings (SSSR count). The predicted octanol–water partition coefficient (Wildman–Crippen LogP) is 0.0475. The number of halogens is 1. The normalized spacial score (nSPS) is 22.4. The highest BCUT2D eigenvalue weighted by Crippen LogP contribution is 2.18. The summed E-state index contributed by atoms with van der Waals surface area (Å²) >= 11 is 0. The fourth-order valence-corrected chi connectivity index (χ4v) is 4.30. The minimum atomic E-state index is -3.06. The Balaban J connectivity index is 0.00000243. The summed E-state index contributed by atoms with van der Waals surface area (Å²) in [6, 6.07) is 0.285. The van der Waals surface area contributed by atoms with Crippen LogP contribution < -0.4 is 10.6 Å². The van der Waals surface area contributed by atoms with E-state index in [4.69, 9.17) is 0 Å². The summed E-state index contributed by atoms with van der Waals surface area (Å²) in [6.45, 7) is 2.81. The van der Waals surface area contributed by atoms with Gasteiger partial charge in [-0.15, -0.1) is 24.0 Å². The van der Waals surface area contributed by atoms with E-state index in [9.17, 15) is 8.42 Å². The van der Waals surface area contributed by atoms with Crippen molar-refractivity contribution in [1.82, 2.24) is 29.7 Å². The van der Waals surface area contributed by atoms with Gasteiger partial charge in [0.1, 0.15) is 12.2 Å². The lowest BCUT2D eigenvalue weighted by molar-refractivity contribution is 0.274. The number of fused-ring (bicyclic) bond motifs is 1. The van der Waals surface area contributed by atoms with Crippen LogP contribution in [0.5, 0.6) is 0 Å². The fraction of sp³-hybridized carbons (Fsp3) is 0.800. The molecule has 1 aromatic heterocycles. The molecule has 3 heterocycles. The van der Waals surface area contributed by atoms with Crippen molar-refractivity contribution in [3.05, 3.63) is 12.2 Å². The first-order valence-corrected chi connectivity index (χ1v) is 10.6. The number of nitrogens with zero attached hydrogens (tertiary/aromatic N) is 5. The lowest BCUT2D eigenvalue weighted by atomic mass is 9.98. The number of aryl methyl sites for hydroxylation is 1. The standard InChI is InChI=1S/C15H27N7O2S.HI/c1-16-15(20-13-3-4-14-18-11-19-22(14)10-13)17-9-12-5-7-21(8-6-12)25(2,23)24;/h11-13H,3-10H2,1-2H3,(H2,16,17,20);1H. The largest absolute Gasteiger partial charge is 0.356 e. The van der Waals surface area contributed by atoms with E-state index in [2.05, 4.69) is 25.7 Å². The van der Waals surface area contributed by atoms with Crippen LogP contribution in [0.1, 0.15) is 25.1 Å². The molecule has 0 aromatic carbocycles. The van der Waals surface area contributed by atoms with E-state index in [0.717, 1.165) is 50.6 Å². The summed E-state index contributed by atoms with van der Waals surface area (Å²) in [5.41, 5.74) is 0. The highest BCUT2D eigenvalue weighted by atomic mass is 127. The number of aromatic nitrogens is 3. The maximum Gasteiger partial charge on any atom is 0.211 e. The zero-order chi connectivity index (χ0) is 17.9. The van der Waals surface area contributed by atoms with Crippen LogP contribution in [-0.2, 0) is 23.0 Å². The number of piperidine rings is 1. The number of nitrogens with one attached hydrogen (secondary N) is 2. The van der Waals surface area contributed by atoms with Crippen LogP contribution in [0.25, 0.3) is 0 Å². The van der Waals surface area contributed by atoms with E-state index in [1.165, 1.54) is 6.26 Å². The SMILES string of the molecule is CN=C(NCC1CCN(S(C)(=O)=O)CC1)NC1CCc2ncnn2C1.I. The lowest BCUT2D eigenvalue weighted by Gasteiger charge is -2.31. The van der Waals surface area contributed by atoms with Gasteiger partial charge in [0, 0.05) is 39.1 Å². The number of aliphatic imine (C=N–C) groups is 1. The summed E-state index contributed by atoms with van der Waals surface area (Å²) in [7, 11) is -1.29. The number of sulfonamides is 1. The number of rotatable bonds is 4. The Hall–Kier alpha value is -0.950. The van der Waals surface area contributed by atoms with E-state index in [1.54, 1.807) is 17.7 Å². The van der Waals surface area contributed by atoms with Gasteiger partial charge in [-0.3, -0.25) is 4.99 Å². The van der Waals surface area contributed by atoms with Crippen molar-refractivity contribution in [2.24, 2.45) is 10.9 Å². The summed E-state index contributed by atoms with van der Waals surface area (Å²) in [4.78, 5) is 8.55. The molecule has 9 nitrogen and oxygen atoms in total. The first kappa shape index (κ1) is 21.4. The Morgan fingerprint density at radius 1 is 1.35 bits per heavy atom. The molecule has 26 heavy (non-hydrogen) atoms. The Bertz CT molecular complexity index is 713. The molecule has 0 radical (unpaired) electrons. The van der Waals surface area contributed by atoms with Gasteiger partial charge in [-0.25, -0.2) is 22.4 Å². The summed E-state index contributed by atoms with van der Waals surface area (Å²) in [5, 5.41) is 11.1. The van der Waals surface area contributed by atoms with Gasteiger partial charge in [-0.1, -0.05) is 0 Å². The Kier molecular flexibility index (Phi) is 7.64. The van der Waals surface area contributed by atoms with Crippen LogP contribution >= 0.6 is 24.0 Å². The maximum absolute atomic E-state index is 11.6. The second-order valence-corrected chi connectivity index (χ2v) is 8.78. The molecule has 1 aromatic rings. The zero-order valence-corrected chi connectivity index (χ0v) is 18.4. The molecular weight excluding hydrogens is 469 g/mol. The summed E-state index contributed by atoms with van der Waals surface area (Å²) in [5.74, 6) is 2.29. The van der Waals surface area contributed by atoms with Crippen LogP contribution in [0, 0.1) is 5.92 Å². The Labute approximate surface area is 172 Å². The fourth-order valence-electron chi connectivity index (χ4n) is 3.43. The average molecular weight is 497 g/mol. The monoisotopic (exact) mass is 497 g/mol. The van der Waals surface area contributed by atoms with Crippen molar-refractivity contribution in [3.8, 4) is 0 Å². The van der Waals surface area contributed by atoms with E-state index in [-0.39, 0.29) is 30.0 Å². The second kappa shape index (κ2) is 9.31. The van der Waals surface area contributed by atoms with Gasteiger partial charge in [-0.05, 0) is 25.2 Å². The van der Waals surface area contributed by atoms with Crippen molar-refractivity contribution in [2.45, 2.75) is 38.3 Å². The molecule has 2 aliphatic heterocycles. The average Bonchev–Trinajstić information content (AvgIpc) is 3.06. The molecule has 0 amide bonds. The molecule has 1 saturated heterocycles. The van der Waals surface area contributed by atoms with E-state index < -0.39 is 10.0 Å². The predicted molar refractivity (Wildman–Crippen MR) is 111 cm³/mol. The summed E-state index contributed by atoms with van der Waals surface area (Å²) < 4.78 is 26.6. The van der Waals surface area contributed by atoms with Crippen LogP contribution in [0.3, 0.4) is 0 Å². The van der Waals surface area contributed by atoms with Gasteiger partial charge in [0.25, 0.3) is 0 Å². The highest BCUT2D eigenvalue weighted by molar-refractivity contribution is 14.0. The maximum atomic E-state index is 11.6. The van der Waals surface area contributed by atoms with Crippen molar-refractivity contribution in [1.29, 1.82) is 0 Å². The molecular formula is C15H28IN7O2S. The molecule has 11 heteroatoms. The van der Waals surface area contributed by atoms with E-state index >= 15 is 0 Å². The molecule has 1 fully saturated rings. The third-order valence-corrected chi connectivity index (χ3v) is 6.27. The van der Waals surface area contributed by atoms with Gasteiger partial charge >= 0.3 is 0 Å². The molecule has 0 saturated carbocycles. The topological polar surface area (TPSA) is 105 Å². The quantitative estimate of drug-likeness (QED) is 0.346. The highest BCUT2D eigenvalue weighted by Gasteiger charge is 2.25. The van der Waals surface area contributed by atoms with Gasteiger partial charge < -0.3 is 10.6 Å². The van der Waals surface area contributed by atoms with E-state index in [1.807, 2.05) is 4.68 Å². The lowest BCUT2D eigenvalue weighted by Crippen LogP contribution is -2.49. The zero-order valence-electron chi connectivity index (χ0n) is 15.3. The van der Waals surface area contributed by atoms with Crippen LogP contribution in [0.15, 0.2) is 11.3 Å². The number of hydrogen-bond acceptors (Lipinski definition) is 5. The number of hydrogen-bond donors (Lipinski definition) is 2. The minimum Gasteiger partial charge on any atom is -0.356 e. The molecule has 1 atom stereocenters. The Morgan fingerprint density at radius 3 is 2.73 bits per heavy atom. The first-order chi connectivity index (χ1) is 12.0. The first-order valence-electron chi connectivity index (χ1n) is 8.74. The van der Waals surface area contributed by atoms with Gasteiger partial charge in [-0.2, -0.15) is 5.10 Å². The molecule has 2 N–H and O–H groups in total. The third kappa shape index (κ3) is 5.52. The number of guanidine groups is 1. The molecule has 148 valence electrons. The Morgan fingerprint density at radius 2 is 2.08 bits per heavy atom. The third-order valence-electron chi connectivity index (χ3n) is 4.97. The van der Waals surface area contributed by atoms with Crippen molar-refractivity contribution in [2.75, 3.05) is 32.9 Å². The molecule has 0 aliphatic carbocycles. The molecule has 1 unspecified atom stereocenters. The smallest absolute Gasteiger partial charge is 0.211 e. The second-order valence-electron chi connectivity index (χ2n) is 6.80. The summed E-state index contributed by atoms with van der Waals surface area (Å²) in [6.07, 6.45) is 6.56. The molecule has 0 bridgehead atoms. The van der Waals surface area contributed by atoms with Crippen molar-refractivity contribution in [3.63, 3.8) is 0 Å². The van der Waals surface area contributed by atoms with Crippen LogP contribution in [0.2, 0.25) is 0 Å². The van der Waals surface area contributed by atoms with Crippen LogP contribution in [-0.4, -0.2) is 72.4 Å². The molecule has 0 spiro atoms. The minimum absolute atomic E-state index is 0. The van der Waals surface area contributed by atoms with Crippen LogP contribution in [0.4, 0.5) is 0 Å². The van der Waals surface area contributed by atoms with E-state index in [0.29, 0.717) is 19.0 Å². The van der Waals surface area contributed by atoms with Crippen molar-refractivity contribution >= 4 is 40.0 Å². The molecule has 2 aliphatic rings.